The van der Waals surface area contributed by atoms with Crippen LogP contribution in [0.15, 0.2) is 71.6 Å². The fraction of sp³-hybridized carbons (Fsp3) is 0.167. The molecule has 1 aliphatic rings. The van der Waals surface area contributed by atoms with Crippen molar-refractivity contribution in [3.8, 4) is 6.07 Å². The molecule has 32 heavy (non-hydrogen) atoms. The molecule has 6 nitrogen and oxygen atoms in total. The van der Waals surface area contributed by atoms with Gasteiger partial charge in [-0.05, 0) is 66.6 Å². The van der Waals surface area contributed by atoms with Gasteiger partial charge in [-0.2, -0.15) is 5.26 Å². The van der Waals surface area contributed by atoms with Crippen molar-refractivity contribution in [2.24, 2.45) is 0 Å². The van der Waals surface area contributed by atoms with Gasteiger partial charge in [0.15, 0.2) is 0 Å². The quantitative estimate of drug-likeness (QED) is 0.533. The second-order valence-electron chi connectivity index (χ2n) is 7.44. The number of benzene rings is 3. The van der Waals surface area contributed by atoms with Gasteiger partial charge in [0.2, 0.25) is 0 Å². The van der Waals surface area contributed by atoms with Crippen LogP contribution < -0.4 is 4.31 Å². The first-order valence-corrected chi connectivity index (χ1v) is 11.8. The molecule has 3 aromatic carbocycles. The van der Waals surface area contributed by atoms with Crippen molar-refractivity contribution in [3.63, 3.8) is 0 Å². The molecule has 162 valence electrons. The molecule has 1 amide bonds. The summed E-state index contributed by atoms with van der Waals surface area (Å²) in [7, 11) is -3.99. The Morgan fingerprint density at radius 2 is 1.84 bits per heavy atom. The van der Waals surface area contributed by atoms with Gasteiger partial charge < -0.3 is 4.90 Å². The third-order valence-electron chi connectivity index (χ3n) is 5.43. The molecular weight excluding hydrogens is 446 g/mol. The molecule has 0 aliphatic carbocycles. The summed E-state index contributed by atoms with van der Waals surface area (Å²) in [5.41, 5.74) is 2.84. The first-order valence-electron chi connectivity index (χ1n) is 10.0. The Bertz CT molecular complexity index is 1330. The number of amides is 1. The molecule has 0 N–H and O–H groups in total. The van der Waals surface area contributed by atoms with E-state index in [9.17, 15) is 18.5 Å². The van der Waals surface area contributed by atoms with Crippen molar-refractivity contribution in [2.45, 2.75) is 24.9 Å². The topological polar surface area (TPSA) is 81.5 Å². The molecule has 3 aromatic rings. The van der Waals surface area contributed by atoms with Gasteiger partial charge in [0.25, 0.3) is 15.9 Å². The number of carbonyl (C=O) groups is 1. The van der Waals surface area contributed by atoms with E-state index in [-0.39, 0.29) is 22.9 Å². The SMILES string of the molecule is CCN1Cc2cc(N(Cc3ccc(Cl)cc3)S(=O)(=O)c3cccc(C#N)c3)ccc2C1=O. The Hall–Kier alpha value is -3.34. The molecule has 4 rings (SSSR count). The van der Waals surface area contributed by atoms with Crippen LogP contribution in [0.25, 0.3) is 0 Å². The van der Waals surface area contributed by atoms with E-state index in [0.29, 0.717) is 29.4 Å². The summed E-state index contributed by atoms with van der Waals surface area (Å²) in [4.78, 5) is 14.2. The number of nitrogens with zero attached hydrogens (tertiary/aromatic N) is 3. The minimum Gasteiger partial charge on any atom is -0.335 e. The monoisotopic (exact) mass is 465 g/mol. The summed E-state index contributed by atoms with van der Waals surface area (Å²) in [6.07, 6.45) is 0. The van der Waals surface area contributed by atoms with E-state index in [1.807, 2.05) is 13.0 Å². The van der Waals surface area contributed by atoms with E-state index < -0.39 is 10.0 Å². The Morgan fingerprint density at radius 1 is 1.09 bits per heavy atom. The molecule has 0 atom stereocenters. The number of anilines is 1. The molecule has 0 fully saturated rings. The average molecular weight is 466 g/mol. The predicted octanol–water partition coefficient (Wildman–Crippen LogP) is 4.58. The van der Waals surface area contributed by atoms with E-state index in [1.165, 1.54) is 16.4 Å². The first-order chi connectivity index (χ1) is 15.3. The highest BCUT2D eigenvalue weighted by Gasteiger charge is 2.30. The van der Waals surface area contributed by atoms with Gasteiger partial charge in [-0.1, -0.05) is 29.8 Å². The van der Waals surface area contributed by atoms with Crippen LogP contribution in [0, 0.1) is 11.3 Å². The Morgan fingerprint density at radius 3 is 2.53 bits per heavy atom. The van der Waals surface area contributed by atoms with Crippen molar-refractivity contribution in [1.29, 1.82) is 5.26 Å². The molecule has 0 saturated heterocycles. The zero-order valence-electron chi connectivity index (χ0n) is 17.3. The largest absolute Gasteiger partial charge is 0.335 e. The highest BCUT2D eigenvalue weighted by molar-refractivity contribution is 7.92. The Kier molecular flexibility index (Phi) is 5.92. The van der Waals surface area contributed by atoms with Crippen molar-refractivity contribution in [2.75, 3.05) is 10.8 Å². The summed E-state index contributed by atoms with van der Waals surface area (Å²) in [5, 5.41) is 9.77. The lowest BCUT2D eigenvalue weighted by molar-refractivity contribution is 0.0787. The summed E-state index contributed by atoms with van der Waals surface area (Å²) in [6, 6.07) is 20.0. The Balaban J connectivity index is 1.81. The van der Waals surface area contributed by atoms with Crippen LogP contribution in [-0.4, -0.2) is 25.8 Å². The number of hydrogen-bond acceptors (Lipinski definition) is 4. The van der Waals surface area contributed by atoms with Crippen LogP contribution >= 0.6 is 11.6 Å². The van der Waals surface area contributed by atoms with Crippen molar-refractivity contribution >= 4 is 33.2 Å². The number of halogens is 1. The van der Waals surface area contributed by atoms with Gasteiger partial charge in [-0.25, -0.2) is 8.42 Å². The smallest absolute Gasteiger partial charge is 0.264 e. The molecule has 1 aliphatic heterocycles. The second kappa shape index (κ2) is 8.65. The van der Waals surface area contributed by atoms with Gasteiger partial charge in [0.1, 0.15) is 0 Å². The van der Waals surface area contributed by atoms with Gasteiger partial charge in [0, 0.05) is 23.7 Å². The average Bonchev–Trinajstić information content (AvgIpc) is 3.13. The fourth-order valence-electron chi connectivity index (χ4n) is 3.70. The summed E-state index contributed by atoms with van der Waals surface area (Å²) in [5.74, 6) is -0.0529. The molecule has 0 aromatic heterocycles. The Labute approximate surface area is 192 Å². The van der Waals surface area contributed by atoms with Crippen LogP contribution in [0.2, 0.25) is 5.02 Å². The molecule has 0 saturated carbocycles. The molecule has 0 spiro atoms. The van der Waals surface area contributed by atoms with E-state index >= 15 is 0 Å². The number of nitriles is 1. The van der Waals surface area contributed by atoms with Crippen LogP contribution in [0.4, 0.5) is 5.69 Å². The number of carbonyl (C=O) groups excluding carboxylic acids is 1. The zero-order chi connectivity index (χ0) is 22.9. The van der Waals surface area contributed by atoms with Crippen molar-refractivity contribution in [3.05, 3.63) is 94.0 Å². The third-order valence-corrected chi connectivity index (χ3v) is 7.45. The predicted molar refractivity (Wildman–Crippen MR) is 123 cm³/mol. The molecule has 0 bridgehead atoms. The number of rotatable bonds is 6. The number of hydrogen-bond donors (Lipinski definition) is 0. The lowest BCUT2D eigenvalue weighted by Gasteiger charge is -2.25. The van der Waals surface area contributed by atoms with Crippen LogP contribution in [0.1, 0.15) is 34.0 Å². The fourth-order valence-corrected chi connectivity index (χ4v) is 5.32. The lowest BCUT2D eigenvalue weighted by Crippen LogP contribution is -2.30. The second-order valence-corrected chi connectivity index (χ2v) is 9.74. The summed E-state index contributed by atoms with van der Waals surface area (Å²) < 4.78 is 28.6. The summed E-state index contributed by atoms with van der Waals surface area (Å²) >= 11 is 5.99. The summed E-state index contributed by atoms with van der Waals surface area (Å²) in [6.45, 7) is 3.00. The van der Waals surface area contributed by atoms with E-state index in [0.717, 1.165) is 11.1 Å². The minimum atomic E-state index is -3.99. The first kappa shape index (κ1) is 21.9. The lowest BCUT2D eigenvalue weighted by atomic mass is 10.1. The zero-order valence-corrected chi connectivity index (χ0v) is 18.9. The third kappa shape index (κ3) is 4.07. The van der Waals surface area contributed by atoms with Crippen molar-refractivity contribution < 1.29 is 13.2 Å². The standard InChI is InChI=1S/C24H20ClN3O3S/c1-2-27-16-19-13-21(10-11-23(19)24(27)29)28(15-17-6-8-20(25)9-7-17)32(30,31)22-5-3-4-18(12-22)14-26/h3-13H,2,15-16H2,1H3. The minimum absolute atomic E-state index is 0.0253. The maximum absolute atomic E-state index is 13.7. The maximum Gasteiger partial charge on any atom is 0.264 e. The maximum atomic E-state index is 13.7. The normalized spacial score (nSPS) is 13.0. The van der Waals surface area contributed by atoms with Gasteiger partial charge in [0.05, 0.1) is 28.8 Å². The number of fused-ring (bicyclic) bond motifs is 1. The van der Waals surface area contributed by atoms with Gasteiger partial charge in [-0.15, -0.1) is 0 Å². The van der Waals surface area contributed by atoms with E-state index in [1.54, 1.807) is 59.5 Å². The highest BCUT2D eigenvalue weighted by Crippen LogP contribution is 2.32. The molecule has 0 radical (unpaired) electrons. The van der Waals surface area contributed by atoms with Crippen LogP contribution in [0.3, 0.4) is 0 Å². The van der Waals surface area contributed by atoms with E-state index in [2.05, 4.69) is 0 Å². The van der Waals surface area contributed by atoms with Gasteiger partial charge >= 0.3 is 0 Å². The van der Waals surface area contributed by atoms with Crippen molar-refractivity contribution in [1.82, 2.24) is 4.90 Å². The van der Waals surface area contributed by atoms with Gasteiger partial charge in [-0.3, -0.25) is 9.10 Å². The molecule has 8 heteroatoms. The highest BCUT2D eigenvalue weighted by atomic mass is 35.5. The molecule has 0 unspecified atom stereocenters. The molecular formula is C24H20ClN3O3S. The van der Waals surface area contributed by atoms with Crippen LogP contribution in [-0.2, 0) is 23.1 Å². The van der Waals surface area contributed by atoms with Crippen LogP contribution in [0.5, 0.6) is 0 Å². The molecule has 1 heterocycles. The van der Waals surface area contributed by atoms with E-state index in [4.69, 9.17) is 11.6 Å². The number of sulfonamides is 1.